The highest BCUT2D eigenvalue weighted by Gasteiger charge is 2.31. The largest absolute Gasteiger partial charge is 0.376 e. The monoisotopic (exact) mass is 293 g/mol. The fourth-order valence-corrected chi connectivity index (χ4v) is 2.94. The Hall–Kier alpha value is -1.93. The summed E-state index contributed by atoms with van der Waals surface area (Å²) in [4.78, 5) is 4.75. The molecule has 0 spiro atoms. The highest BCUT2D eigenvalue weighted by molar-refractivity contribution is 5.88. The van der Waals surface area contributed by atoms with E-state index in [-0.39, 0.29) is 5.41 Å². The molecule has 0 aromatic heterocycles. The molecule has 1 aliphatic rings. The lowest BCUT2D eigenvalue weighted by Gasteiger charge is -2.22. The van der Waals surface area contributed by atoms with Crippen molar-refractivity contribution >= 4 is 5.71 Å². The first-order valence-electron chi connectivity index (χ1n) is 7.91. The molecule has 114 valence electrons. The molecule has 1 aliphatic heterocycles. The summed E-state index contributed by atoms with van der Waals surface area (Å²) in [5.74, 6) is 0. The van der Waals surface area contributed by atoms with E-state index in [4.69, 9.17) is 9.73 Å². The van der Waals surface area contributed by atoms with Crippen LogP contribution in [0.4, 0.5) is 0 Å². The van der Waals surface area contributed by atoms with Crippen molar-refractivity contribution in [2.24, 2.45) is 10.4 Å². The maximum Gasteiger partial charge on any atom is 0.0717 e. The Morgan fingerprint density at radius 2 is 1.59 bits per heavy atom. The first-order valence-corrected chi connectivity index (χ1v) is 7.91. The number of nitrogens with zero attached hydrogens (tertiary/aromatic N) is 1. The minimum Gasteiger partial charge on any atom is -0.376 e. The molecule has 2 nitrogen and oxygen atoms in total. The van der Waals surface area contributed by atoms with Gasteiger partial charge in [-0.2, -0.15) is 0 Å². The van der Waals surface area contributed by atoms with Crippen LogP contribution in [-0.2, 0) is 17.8 Å². The topological polar surface area (TPSA) is 21.6 Å². The lowest BCUT2D eigenvalue weighted by Crippen LogP contribution is -2.25. The second-order valence-corrected chi connectivity index (χ2v) is 6.51. The summed E-state index contributed by atoms with van der Waals surface area (Å²) >= 11 is 0. The van der Waals surface area contributed by atoms with Crippen LogP contribution in [0.15, 0.2) is 65.7 Å². The number of hydrogen-bond acceptors (Lipinski definition) is 2. The first-order chi connectivity index (χ1) is 10.7. The molecule has 0 fully saturated rings. The smallest absolute Gasteiger partial charge is 0.0717 e. The van der Waals surface area contributed by atoms with Crippen LogP contribution in [0.1, 0.15) is 24.5 Å². The maximum atomic E-state index is 5.93. The highest BCUT2D eigenvalue weighted by atomic mass is 16.5. The predicted molar refractivity (Wildman–Crippen MR) is 91.3 cm³/mol. The zero-order valence-corrected chi connectivity index (χ0v) is 13.2. The Bertz CT molecular complexity index is 621. The lowest BCUT2D eigenvalue weighted by molar-refractivity contribution is 0.0536. The molecule has 22 heavy (non-hydrogen) atoms. The molecule has 1 heterocycles. The number of ether oxygens (including phenoxy) is 1. The van der Waals surface area contributed by atoms with Gasteiger partial charge in [0.05, 0.1) is 13.2 Å². The molecule has 0 aliphatic carbocycles. The van der Waals surface area contributed by atoms with E-state index in [1.807, 2.05) is 6.07 Å². The molecule has 3 rings (SSSR count). The number of benzene rings is 2. The van der Waals surface area contributed by atoms with E-state index in [0.717, 1.165) is 26.0 Å². The fourth-order valence-electron chi connectivity index (χ4n) is 2.94. The zero-order valence-electron chi connectivity index (χ0n) is 13.2. The van der Waals surface area contributed by atoms with Gasteiger partial charge in [0.1, 0.15) is 0 Å². The Labute approximate surface area is 132 Å². The van der Waals surface area contributed by atoms with Gasteiger partial charge >= 0.3 is 0 Å². The second kappa shape index (κ2) is 6.89. The van der Waals surface area contributed by atoms with Crippen LogP contribution in [0.2, 0.25) is 0 Å². The van der Waals surface area contributed by atoms with Crippen LogP contribution in [0.25, 0.3) is 0 Å². The van der Waals surface area contributed by atoms with Crippen molar-refractivity contribution in [3.8, 4) is 0 Å². The first kappa shape index (κ1) is 15.0. The molecule has 0 amide bonds. The second-order valence-electron chi connectivity index (χ2n) is 6.51. The van der Waals surface area contributed by atoms with Crippen LogP contribution in [-0.4, -0.2) is 18.9 Å². The summed E-state index contributed by atoms with van der Waals surface area (Å²) in [7, 11) is 0. The van der Waals surface area contributed by atoms with E-state index in [1.54, 1.807) is 0 Å². The minimum atomic E-state index is 0.152. The zero-order chi connectivity index (χ0) is 15.3. The van der Waals surface area contributed by atoms with Gasteiger partial charge in [-0.15, -0.1) is 0 Å². The number of aliphatic imine (C=N–C) groups is 1. The molecule has 0 N–H and O–H groups in total. The van der Waals surface area contributed by atoms with Gasteiger partial charge in [0, 0.05) is 24.1 Å². The average molecular weight is 293 g/mol. The SMILES string of the molecule is CC1(COCc2ccccc2)CN=C(Cc2ccccc2)C1. The van der Waals surface area contributed by atoms with Gasteiger partial charge in [-0.05, 0) is 17.5 Å². The van der Waals surface area contributed by atoms with Crippen molar-refractivity contribution in [2.45, 2.75) is 26.4 Å². The Balaban J connectivity index is 1.47. The van der Waals surface area contributed by atoms with Crippen molar-refractivity contribution < 1.29 is 4.74 Å². The van der Waals surface area contributed by atoms with Crippen molar-refractivity contribution in [1.82, 2.24) is 0 Å². The van der Waals surface area contributed by atoms with Gasteiger partial charge in [0.2, 0.25) is 0 Å². The lowest BCUT2D eigenvalue weighted by atomic mass is 9.87. The fraction of sp³-hybridized carbons (Fsp3) is 0.350. The Kier molecular flexibility index (Phi) is 4.69. The maximum absolute atomic E-state index is 5.93. The van der Waals surface area contributed by atoms with Gasteiger partial charge in [0.15, 0.2) is 0 Å². The molecule has 1 unspecified atom stereocenters. The Morgan fingerprint density at radius 1 is 0.955 bits per heavy atom. The molecular weight excluding hydrogens is 270 g/mol. The van der Waals surface area contributed by atoms with Crippen LogP contribution in [0.3, 0.4) is 0 Å². The number of hydrogen-bond donors (Lipinski definition) is 0. The Morgan fingerprint density at radius 3 is 2.27 bits per heavy atom. The van der Waals surface area contributed by atoms with Gasteiger partial charge in [-0.25, -0.2) is 0 Å². The summed E-state index contributed by atoms with van der Waals surface area (Å²) in [6, 6.07) is 20.9. The third-order valence-electron chi connectivity index (χ3n) is 4.13. The van der Waals surface area contributed by atoms with E-state index in [2.05, 4.69) is 61.5 Å². The molecule has 0 saturated carbocycles. The standard InChI is InChI=1S/C20H23NO/c1-20(16-22-14-18-10-6-3-7-11-18)13-19(21-15-20)12-17-8-4-2-5-9-17/h2-11H,12-16H2,1H3. The summed E-state index contributed by atoms with van der Waals surface area (Å²) in [6.45, 7) is 4.61. The molecule has 0 radical (unpaired) electrons. The summed E-state index contributed by atoms with van der Waals surface area (Å²) in [6.07, 6.45) is 2.01. The van der Waals surface area contributed by atoms with E-state index < -0.39 is 0 Å². The number of rotatable bonds is 6. The third kappa shape index (κ3) is 4.05. The van der Waals surface area contributed by atoms with Gasteiger partial charge in [0.25, 0.3) is 0 Å². The minimum absolute atomic E-state index is 0.152. The molecule has 0 bridgehead atoms. The quantitative estimate of drug-likeness (QED) is 0.778. The van der Waals surface area contributed by atoms with Crippen molar-refractivity contribution in [3.05, 3.63) is 71.8 Å². The summed E-state index contributed by atoms with van der Waals surface area (Å²) in [5.41, 5.74) is 4.03. The molecule has 2 heteroatoms. The van der Waals surface area contributed by atoms with E-state index in [0.29, 0.717) is 6.61 Å². The highest BCUT2D eigenvalue weighted by Crippen LogP contribution is 2.30. The van der Waals surface area contributed by atoms with E-state index >= 15 is 0 Å². The summed E-state index contributed by atoms with van der Waals surface area (Å²) < 4.78 is 5.93. The van der Waals surface area contributed by atoms with Gasteiger partial charge in [-0.1, -0.05) is 67.6 Å². The third-order valence-corrected chi connectivity index (χ3v) is 4.13. The van der Waals surface area contributed by atoms with Crippen LogP contribution in [0.5, 0.6) is 0 Å². The van der Waals surface area contributed by atoms with E-state index in [1.165, 1.54) is 16.8 Å². The van der Waals surface area contributed by atoms with Crippen molar-refractivity contribution in [1.29, 1.82) is 0 Å². The predicted octanol–water partition coefficient (Wildman–Crippen LogP) is 4.30. The molecule has 1 atom stereocenters. The van der Waals surface area contributed by atoms with Crippen LogP contribution >= 0.6 is 0 Å². The molecule has 0 saturated heterocycles. The molecule has 2 aromatic rings. The van der Waals surface area contributed by atoms with Gasteiger partial charge < -0.3 is 4.74 Å². The van der Waals surface area contributed by atoms with Crippen molar-refractivity contribution in [3.63, 3.8) is 0 Å². The normalized spacial score (nSPS) is 20.9. The van der Waals surface area contributed by atoms with E-state index in [9.17, 15) is 0 Å². The van der Waals surface area contributed by atoms with Gasteiger partial charge in [-0.3, -0.25) is 4.99 Å². The van der Waals surface area contributed by atoms with Crippen molar-refractivity contribution in [2.75, 3.05) is 13.2 Å². The van der Waals surface area contributed by atoms with Crippen LogP contribution < -0.4 is 0 Å². The van der Waals surface area contributed by atoms with Crippen LogP contribution in [0, 0.1) is 5.41 Å². The molecule has 2 aromatic carbocycles. The average Bonchev–Trinajstić information content (AvgIpc) is 2.90. The molecular formula is C20H23NO. The summed E-state index contributed by atoms with van der Waals surface area (Å²) in [5, 5.41) is 0.